The molecule has 2 aliphatic rings. The molecule has 0 spiro atoms. The van der Waals surface area contributed by atoms with Crippen LogP contribution in [-0.4, -0.2) is 25.2 Å². The topological polar surface area (TPSA) is 15.3 Å². The van der Waals surface area contributed by atoms with Crippen molar-refractivity contribution in [2.75, 3.05) is 11.9 Å². The summed E-state index contributed by atoms with van der Waals surface area (Å²) in [7, 11) is 2.00. The lowest BCUT2D eigenvalue weighted by atomic mass is 9.96. The molecule has 0 aliphatic carbocycles. The molecular formula is C14H18F2N2. The molecule has 1 N–H and O–H groups in total. The van der Waals surface area contributed by atoms with Gasteiger partial charge in [-0.2, -0.15) is 0 Å². The van der Waals surface area contributed by atoms with Crippen molar-refractivity contribution in [3.63, 3.8) is 0 Å². The summed E-state index contributed by atoms with van der Waals surface area (Å²) in [5, 5.41) is 3.34. The Morgan fingerprint density at radius 2 is 1.78 bits per heavy atom. The van der Waals surface area contributed by atoms with Gasteiger partial charge >= 0.3 is 0 Å². The monoisotopic (exact) mass is 252 g/mol. The van der Waals surface area contributed by atoms with Gasteiger partial charge in [-0.15, -0.1) is 0 Å². The fraction of sp³-hybridized carbons (Fsp3) is 0.571. The molecule has 0 amide bonds. The van der Waals surface area contributed by atoms with Crippen LogP contribution >= 0.6 is 0 Å². The number of fused-ring (bicyclic) bond motifs is 2. The van der Waals surface area contributed by atoms with Crippen LogP contribution in [0.4, 0.5) is 14.5 Å². The van der Waals surface area contributed by atoms with Gasteiger partial charge in [-0.05, 0) is 44.9 Å². The Morgan fingerprint density at radius 1 is 1.11 bits per heavy atom. The second-order valence-corrected chi connectivity index (χ2v) is 5.35. The highest BCUT2D eigenvalue weighted by atomic mass is 19.2. The molecule has 2 heterocycles. The lowest BCUT2D eigenvalue weighted by Crippen LogP contribution is -2.48. The van der Waals surface area contributed by atoms with Crippen LogP contribution in [0.1, 0.15) is 25.7 Å². The molecule has 98 valence electrons. The van der Waals surface area contributed by atoms with Gasteiger partial charge in [0, 0.05) is 29.9 Å². The highest BCUT2D eigenvalue weighted by Crippen LogP contribution is 2.39. The minimum atomic E-state index is -0.767. The predicted molar refractivity (Wildman–Crippen MR) is 67.7 cm³/mol. The van der Waals surface area contributed by atoms with E-state index in [2.05, 4.69) is 10.2 Å². The minimum Gasteiger partial charge on any atom is -0.365 e. The van der Waals surface area contributed by atoms with Gasteiger partial charge in [0.25, 0.3) is 0 Å². The maximum Gasteiger partial charge on any atom is 0.160 e. The molecule has 2 fully saturated rings. The van der Waals surface area contributed by atoms with Gasteiger partial charge in [0.2, 0.25) is 0 Å². The van der Waals surface area contributed by atoms with E-state index < -0.39 is 11.6 Å². The first-order chi connectivity index (χ1) is 8.69. The Kier molecular flexibility index (Phi) is 2.98. The zero-order valence-corrected chi connectivity index (χ0v) is 10.5. The molecule has 18 heavy (non-hydrogen) atoms. The Hall–Kier alpha value is -1.16. The van der Waals surface area contributed by atoms with Crippen molar-refractivity contribution in [1.82, 2.24) is 5.32 Å². The second-order valence-electron chi connectivity index (χ2n) is 5.35. The summed E-state index contributed by atoms with van der Waals surface area (Å²) in [6.07, 6.45) is 4.49. The number of hydrogen-bond acceptors (Lipinski definition) is 2. The molecule has 2 aliphatic heterocycles. The third-order valence-corrected chi connectivity index (χ3v) is 4.34. The summed E-state index contributed by atoms with van der Waals surface area (Å²) < 4.78 is 26.3. The average Bonchev–Trinajstić information content (AvgIpc) is 2.64. The summed E-state index contributed by atoms with van der Waals surface area (Å²) in [6, 6.07) is 5.75. The highest BCUT2D eigenvalue weighted by Gasteiger charge is 2.40. The molecule has 4 heteroatoms. The predicted octanol–water partition coefficient (Wildman–Crippen LogP) is 2.68. The number of nitrogens with one attached hydrogen (secondary N) is 1. The first-order valence-corrected chi connectivity index (χ1v) is 6.59. The van der Waals surface area contributed by atoms with E-state index in [9.17, 15) is 8.78 Å². The normalized spacial score (nSPS) is 30.8. The number of benzene rings is 1. The number of piperidine rings is 1. The molecule has 0 saturated carbocycles. The Bertz CT molecular complexity index is 435. The van der Waals surface area contributed by atoms with Crippen LogP contribution in [0.15, 0.2) is 18.2 Å². The van der Waals surface area contributed by atoms with Crippen molar-refractivity contribution >= 4 is 5.69 Å². The van der Waals surface area contributed by atoms with Crippen molar-refractivity contribution in [1.29, 1.82) is 0 Å². The number of nitrogens with zero attached hydrogens (tertiary/aromatic N) is 1. The lowest BCUT2D eigenvalue weighted by molar-refractivity contribution is 0.373. The zero-order valence-electron chi connectivity index (χ0n) is 10.5. The molecule has 1 aromatic carbocycles. The Balaban J connectivity index is 1.87. The molecule has 0 aromatic heterocycles. The van der Waals surface area contributed by atoms with Crippen LogP contribution in [-0.2, 0) is 0 Å². The Morgan fingerprint density at radius 3 is 2.33 bits per heavy atom. The molecule has 2 saturated heterocycles. The zero-order chi connectivity index (χ0) is 12.7. The van der Waals surface area contributed by atoms with Gasteiger partial charge in [0.1, 0.15) is 0 Å². The van der Waals surface area contributed by atoms with Crippen LogP contribution in [0.25, 0.3) is 0 Å². The van der Waals surface area contributed by atoms with E-state index in [0.717, 1.165) is 31.4 Å². The lowest BCUT2D eigenvalue weighted by Gasteiger charge is -2.40. The molecule has 2 bridgehead atoms. The molecule has 3 rings (SSSR count). The van der Waals surface area contributed by atoms with Gasteiger partial charge < -0.3 is 10.2 Å². The van der Waals surface area contributed by atoms with E-state index in [4.69, 9.17) is 0 Å². The number of hydrogen-bond donors (Lipinski definition) is 1. The largest absolute Gasteiger partial charge is 0.365 e. The molecular weight excluding hydrogens is 234 g/mol. The second kappa shape index (κ2) is 4.50. The van der Waals surface area contributed by atoms with Crippen LogP contribution < -0.4 is 10.2 Å². The van der Waals surface area contributed by atoms with Crippen molar-refractivity contribution in [2.24, 2.45) is 0 Å². The summed E-state index contributed by atoms with van der Waals surface area (Å²) in [5.41, 5.74) is 0.830. The standard InChI is InChI=1S/C14H18F2N2/c1-17-9-6-10-2-3-11(7-9)18(10)12-4-5-13(15)14(16)8-12/h4-5,8-11,17H,2-3,6-7H2,1H3. The van der Waals surface area contributed by atoms with E-state index in [-0.39, 0.29) is 0 Å². The van der Waals surface area contributed by atoms with Crippen LogP contribution in [0.5, 0.6) is 0 Å². The number of anilines is 1. The maximum atomic E-state index is 13.3. The van der Waals surface area contributed by atoms with E-state index in [0.29, 0.717) is 18.1 Å². The van der Waals surface area contributed by atoms with Gasteiger partial charge in [0.15, 0.2) is 11.6 Å². The number of rotatable bonds is 2. The summed E-state index contributed by atoms with van der Waals surface area (Å²) >= 11 is 0. The van der Waals surface area contributed by atoms with Crippen molar-refractivity contribution in [3.8, 4) is 0 Å². The molecule has 2 unspecified atom stereocenters. The molecule has 2 atom stereocenters. The van der Waals surface area contributed by atoms with Crippen molar-refractivity contribution in [3.05, 3.63) is 29.8 Å². The van der Waals surface area contributed by atoms with E-state index in [1.54, 1.807) is 6.07 Å². The minimum absolute atomic E-state index is 0.464. The third-order valence-electron chi connectivity index (χ3n) is 4.34. The first-order valence-electron chi connectivity index (χ1n) is 6.59. The summed E-state index contributed by atoms with van der Waals surface area (Å²) in [5.74, 6) is -1.51. The van der Waals surface area contributed by atoms with Gasteiger partial charge in [-0.1, -0.05) is 0 Å². The highest BCUT2D eigenvalue weighted by molar-refractivity contribution is 5.51. The fourth-order valence-electron chi connectivity index (χ4n) is 3.48. The molecule has 1 aromatic rings. The fourth-order valence-corrected chi connectivity index (χ4v) is 3.48. The quantitative estimate of drug-likeness (QED) is 0.870. The first kappa shape index (κ1) is 11.9. The molecule has 2 nitrogen and oxygen atoms in total. The van der Waals surface area contributed by atoms with E-state index in [1.807, 2.05) is 7.05 Å². The average molecular weight is 252 g/mol. The van der Waals surface area contributed by atoms with Crippen molar-refractivity contribution < 1.29 is 8.78 Å². The van der Waals surface area contributed by atoms with E-state index >= 15 is 0 Å². The smallest absolute Gasteiger partial charge is 0.160 e. The molecule has 0 radical (unpaired) electrons. The van der Waals surface area contributed by atoms with Crippen LogP contribution in [0, 0.1) is 11.6 Å². The van der Waals surface area contributed by atoms with Crippen LogP contribution in [0.3, 0.4) is 0 Å². The van der Waals surface area contributed by atoms with Crippen LogP contribution in [0.2, 0.25) is 0 Å². The Labute approximate surface area is 106 Å². The summed E-state index contributed by atoms with van der Waals surface area (Å²) in [4.78, 5) is 2.29. The summed E-state index contributed by atoms with van der Waals surface area (Å²) in [6.45, 7) is 0. The number of halogens is 2. The van der Waals surface area contributed by atoms with Gasteiger partial charge in [-0.25, -0.2) is 8.78 Å². The maximum absolute atomic E-state index is 13.3. The third kappa shape index (κ3) is 1.88. The van der Waals surface area contributed by atoms with Crippen molar-refractivity contribution in [2.45, 2.75) is 43.8 Å². The van der Waals surface area contributed by atoms with Gasteiger partial charge in [-0.3, -0.25) is 0 Å². The van der Waals surface area contributed by atoms with Gasteiger partial charge in [0.05, 0.1) is 0 Å². The SMILES string of the molecule is CNC1CC2CCC(C1)N2c1ccc(F)c(F)c1. The van der Waals surface area contributed by atoms with E-state index in [1.165, 1.54) is 12.1 Å².